The van der Waals surface area contributed by atoms with Gasteiger partial charge in [-0.2, -0.15) is 0 Å². The van der Waals surface area contributed by atoms with E-state index in [-0.39, 0.29) is 33.3 Å². The van der Waals surface area contributed by atoms with Gasteiger partial charge in [0.1, 0.15) is 0 Å². The molecule has 1 N–H and O–H groups in total. The average molecular weight is 375 g/mol. The molecule has 0 saturated heterocycles. The van der Waals surface area contributed by atoms with Crippen LogP contribution in [0.1, 0.15) is 50.8 Å². The Hall–Kier alpha value is -2.73. The van der Waals surface area contributed by atoms with Crippen LogP contribution in [0.5, 0.6) is 0 Å². The number of rotatable bonds is 5. The van der Waals surface area contributed by atoms with Gasteiger partial charge in [0.15, 0.2) is 5.82 Å². The molecule has 1 aliphatic heterocycles. The lowest BCUT2D eigenvalue weighted by Gasteiger charge is -2.12. The molecule has 0 saturated carbocycles. The molecule has 134 valence electrons. The number of unbranched alkanes of at least 4 members (excludes halogenated alkanes) is 1. The maximum Gasteiger partial charge on any atom is 0.261 e. The van der Waals surface area contributed by atoms with Crippen LogP contribution in [0.3, 0.4) is 0 Å². The summed E-state index contributed by atoms with van der Waals surface area (Å²) in [4.78, 5) is 38.3. The van der Waals surface area contributed by atoms with Crippen molar-refractivity contribution in [3.05, 3.63) is 63.9 Å². The van der Waals surface area contributed by atoms with Crippen LogP contribution in [-0.2, 0) is 0 Å². The summed E-state index contributed by atoms with van der Waals surface area (Å²) < 4.78 is 13.9. The summed E-state index contributed by atoms with van der Waals surface area (Å²) in [5.41, 5.74) is 0.554. The summed E-state index contributed by atoms with van der Waals surface area (Å²) >= 11 is 5.70. The number of carbonyl (C=O) groups excluding carboxylic acids is 3. The Balaban J connectivity index is 1.85. The summed E-state index contributed by atoms with van der Waals surface area (Å²) in [7, 11) is 0. The summed E-state index contributed by atoms with van der Waals surface area (Å²) in [6.45, 7) is 2.31. The molecule has 2 aromatic carbocycles. The van der Waals surface area contributed by atoms with Gasteiger partial charge in [-0.05, 0) is 36.8 Å². The van der Waals surface area contributed by atoms with Crippen molar-refractivity contribution in [2.75, 3.05) is 11.9 Å². The average Bonchev–Trinajstić information content (AvgIpc) is 2.87. The van der Waals surface area contributed by atoms with E-state index in [2.05, 4.69) is 5.32 Å². The van der Waals surface area contributed by atoms with Crippen molar-refractivity contribution >= 4 is 35.0 Å². The predicted octanol–water partition coefficient (Wildman–Crippen LogP) is 4.13. The highest BCUT2D eigenvalue weighted by atomic mass is 35.5. The Bertz CT molecular complexity index is 914. The van der Waals surface area contributed by atoms with Crippen molar-refractivity contribution < 1.29 is 18.8 Å². The normalized spacial score (nSPS) is 13.1. The van der Waals surface area contributed by atoms with Crippen LogP contribution in [0, 0.1) is 5.82 Å². The number of imide groups is 1. The van der Waals surface area contributed by atoms with Crippen molar-refractivity contribution in [3.63, 3.8) is 0 Å². The highest BCUT2D eigenvalue weighted by Crippen LogP contribution is 2.26. The van der Waals surface area contributed by atoms with E-state index in [4.69, 9.17) is 11.6 Å². The Morgan fingerprint density at radius 3 is 2.62 bits per heavy atom. The fourth-order valence-electron chi connectivity index (χ4n) is 2.75. The van der Waals surface area contributed by atoms with Crippen LogP contribution >= 0.6 is 11.6 Å². The van der Waals surface area contributed by atoms with E-state index in [1.54, 1.807) is 0 Å². The molecule has 0 spiro atoms. The molecule has 0 aliphatic carbocycles. The van der Waals surface area contributed by atoms with Crippen LogP contribution < -0.4 is 5.32 Å². The monoisotopic (exact) mass is 374 g/mol. The third-order valence-electron chi connectivity index (χ3n) is 4.17. The molecule has 0 atom stereocenters. The zero-order valence-corrected chi connectivity index (χ0v) is 14.8. The van der Waals surface area contributed by atoms with Gasteiger partial charge < -0.3 is 5.32 Å². The van der Waals surface area contributed by atoms with E-state index in [1.807, 2.05) is 6.92 Å². The van der Waals surface area contributed by atoms with Crippen LogP contribution in [0.15, 0.2) is 36.4 Å². The van der Waals surface area contributed by atoms with Crippen molar-refractivity contribution in [2.45, 2.75) is 19.8 Å². The number of amides is 3. The number of hydrogen-bond donors (Lipinski definition) is 1. The van der Waals surface area contributed by atoms with Gasteiger partial charge >= 0.3 is 0 Å². The molecule has 3 amide bonds. The second kappa shape index (κ2) is 7.25. The number of nitrogens with zero attached hydrogens (tertiary/aromatic N) is 1. The van der Waals surface area contributed by atoms with E-state index < -0.39 is 17.6 Å². The van der Waals surface area contributed by atoms with Crippen LogP contribution in [-0.4, -0.2) is 29.2 Å². The second-order valence-corrected chi connectivity index (χ2v) is 6.34. The van der Waals surface area contributed by atoms with Gasteiger partial charge in [-0.1, -0.05) is 31.0 Å². The first-order chi connectivity index (χ1) is 12.4. The van der Waals surface area contributed by atoms with E-state index in [1.165, 1.54) is 41.3 Å². The zero-order valence-electron chi connectivity index (χ0n) is 14.0. The second-order valence-electron chi connectivity index (χ2n) is 5.93. The molecule has 0 radical (unpaired) electrons. The van der Waals surface area contributed by atoms with Gasteiger partial charge in [-0.25, -0.2) is 4.39 Å². The molecule has 1 heterocycles. The molecule has 0 bridgehead atoms. The highest BCUT2D eigenvalue weighted by molar-refractivity contribution is 6.31. The van der Waals surface area contributed by atoms with Crippen LogP contribution in [0.4, 0.5) is 10.1 Å². The van der Waals surface area contributed by atoms with Gasteiger partial charge in [0, 0.05) is 12.1 Å². The first kappa shape index (κ1) is 18.1. The first-order valence-corrected chi connectivity index (χ1v) is 8.57. The minimum absolute atomic E-state index is 0.0602. The highest BCUT2D eigenvalue weighted by Gasteiger charge is 2.35. The molecule has 7 heteroatoms. The lowest BCUT2D eigenvalue weighted by atomic mass is 10.1. The lowest BCUT2D eigenvalue weighted by Crippen LogP contribution is -2.30. The fourth-order valence-corrected chi connectivity index (χ4v) is 2.92. The molecule has 2 aromatic rings. The van der Waals surface area contributed by atoms with Crippen molar-refractivity contribution in [3.8, 4) is 0 Å². The van der Waals surface area contributed by atoms with Crippen LogP contribution in [0.2, 0.25) is 5.02 Å². The minimum Gasteiger partial charge on any atom is -0.319 e. The van der Waals surface area contributed by atoms with Crippen molar-refractivity contribution in [1.29, 1.82) is 0 Å². The molecule has 0 unspecified atom stereocenters. The first-order valence-electron chi connectivity index (χ1n) is 8.19. The third-order valence-corrected chi connectivity index (χ3v) is 4.46. The predicted molar refractivity (Wildman–Crippen MR) is 96.1 cm³/mol. The Kier molecular flexibility index (Phi) is 5.04. The maximum absolute atomic E-state index is 13.9. The number of carbonyl (C=O) groups is 3. The summed E-state index contributed by atoms with van der Waals surface area (Å²) in [6, 6.07) is 8.51. The Morgan fingerprint density at radius 2 is 1.88 bits per heavy atom. The molecule has 0 aromatic heterocycles. The molecule has 5 nitrogen and oxygen atoms in total. The third kappa shape index (κ3) is 3.20. The molecular weight excluding hydrogens is 359 g/mol. The Labute approximate surface area is 154 Å². The van der Waals surface area contributed by atoms with E-state index in [0.717, 1.165) is 6.42 Å². The standard InChI is InChI=1S/C19H16ClFN2O3/c1-2-3-9-23-18(25)12-8-7-11(10-13(12)19(23)26)17(24)22-15-6-4-5-14(20)16(15)21/h4-8,10H,2-3,9H2,1H3,(H,22,24). The number of nitrogens with one attached hydrogen (secondary N) is 1. The lowest BCUT2D eigenvalue weighted by molar-refractivity contribution is 0.0652. The largest absolute Gasteiger partial charge is 0.319 e. The van der Waals surface area contributed by atoms with Crippen molar-refractivity contribution in [2.24, 2.45) is 0 Å². The molecule has 3 rings (SSSR count). The van der Waals surface area contributed by atoms with Gasteiger partial charge in [-0.3, -0.25) is 19.3 Å². The quantitative estimate of drug-likeness (QED) is 0.800. The molecule has 0 fully saturated rings. The SMILES string of the molecule is CCCCN1C(=O)c2ccc(C(=O)Nc3cccc(Cl)c3F)cc2C1=O. The van der Waals surface area contributed by atoms with Gasteiger partial charge in [0.2, 0.25) is 0 Å². The summed E-state index contributed by atoms with van der Waals surface area (Å²) in [5, 5.41) is 2.31. The molecular formula is C19H16ClFN2O3. The van der Waals surface area contributed by atoms with Crippen molar-refractivity contribution in [1.82, 2.24) is 4.90 Å². The maximum atomic E-state index is 13.9. The molecule has 26 heavy (non-hydrogen) atoms. The van der Waals surface area contributed by atoms with Crippen LogP contribution in [0.25, 0.3) is 0 Å². The number of fused-ring (bicyclic) bond motifs is 1. The zero-order chi connectivity index (χ0) is 18.8. The summed E-state index contributed by atoms with van der Waals surface area (Å²) in [6.07, 6.45) is 1.57. The van der Waals surface area contributed by atoms with Gasteiger partial charge in [0.25, 0.3) is 17.7 Å². The number of halogens is 2. The number of anilines is 1. The molecule has 1 aliphatic rings. The number of benzene rings is 2. The Morgan fingerprint density at radius 1 is 1.15 bits per heavy atom. The summed E-state index contributed by atoms with van der Waals surface area (Å²) in [5.74, 6) is -2.10. The topological polar surface area (TPSA) is 66.5 Å². The van der Waals surface area contributed by atoms with Gasteiger partial charge in [-0.15, -0.1) is 0 Å². The van der Waals surface area contributed by atoms with E-state index in [9.17, 15) is 18.8 Å². The smallest absolute Gasteiger partial charge is 0.261 e. The van der Waals surface area contributed by atoms with E-state index >= 15 is 0 Å². The number of hydrogen-bond acceptors (Lipinski definition) is 3. The van der Waals surface area contributed by atoms with Gasteiger partial charge in [0.05, 0.1) is 21.8 Å². The van der Waals surface area contributed by atoms with E-state index in [0.29, 0.717) is 13.0 Å². The minimum atomic E-state index is -0.735. The fraction of sp³-hybridized carbons (Fsp3) is 0.211.